The third-order valence-electron chi connectivity index (χ3n) is 6.12. The molecule has 0 radical (unpaired) electrons. The fourth-order valence-electron chi connectivity index (χ4n) is 4.19. The molecular weight excluding hydrogens is 404 g/mol. The van der Waals surface area contributed by atoms with E-state index < -0.39 is 23.1 Å². The van der Waals surface area contributed by atoms with Crippen molar-refractivity contribution in [2.24, 2.45) is 7.05 Å². The number of rotatable bonds is 5. The number of pyridine rings is 2. The molecule has 1 N–H and O–H groups in total. The minimum atomic E-state index is -2.66. The zero-order chi connectivity index (χ0) is 21.9. The van der Waals surface area contributed by atoms with Gasteiger partial charge in [0.15, 0.2) is 5.82 Å². The van der Waals surface area contributed by atoms with Crippen LogP contribution in [0.5, 0.6) is 0 Å². The molecule has 4 aromatic rings. The summed E-state index contributed by atoms with van der Waals surface area (Å²) in [5.41, 5.74) is -0.556. The van der Waals surface area contributed by atoms with Crippen molar-refractivity contribution in [2.45, 2.75) is 37.8 Å². The Morgan fingerprint density at radius 2 is 1.87 bits per heavy atom. The van der Waals surface area contributed by atoms with Crippen LogP contribution in [0.2, 0.25) is 0 Å². The molecule has 160 valence electrons. The SMILES string of the molecule is C[C@@H](Nc1nn(C)c(=O)c2cc(=O)n(C3(C(F)F)CC3)cc12)c1cccc2cccn12. The predicted octanol–water partition coefficient (Wildman–Crippen LogP) is 3.28. The van der Waals surface area contributed by atoms with Crippen molar-refractivity contribution in [2.75, 3.05) is 5.32 Å². The standard InChI is InChI=1S/C22H21F2N5O2/c1-13(17-7-3-5-14-6-4-10-28(14)17)25-19-16-12-29(22(8-9-22)21(23)24)18(30)11-15(16)20(31)27(2)26-19/h3-7,10-13,21H,8-9H2,1-2H3,(H,25,26)/t13-/m1/s1. The minimum absolute atomic E-state index is 0.151. The Morgan fingerprint density at radius 1 is 1.13 bits per heavy atom. The van der Waals surface area contributed by atoms with Gasteiger partial charge in [-0.15, -0.1) is 0 Å². The van der Waals surface area contributed by atoms with Crippen LogP contribution in [0.25, 0.3) is 16.3 Å². The van der Waals surface area contributed by atoms with E-state index in [9.17, 15) is 18.4 Å². The average Bonchev–Trinajstić information content (AvgIpc) is 3.41. The van der Waals surface area contributed by atoms with Crippen molar-refractivity contribution >= 4 is 22.1 Å². The Hall–Kier alpha value is -3.49. The van der Waals surface area contributed by atoms with E-state index in [1.807, 2.05) is 47.9 Å². The lowest BCUT2D eigenvalue weighted by Crippen LogP contribution is -2.36. The molecule has 0 amide bonds. The monoisotopic (exact) mass is 425 g/mol. The van der Waals surface area contributed by atoms with Gasteiger partial charge in [-0.05, 0) is 44.0 Å². The maximum Gasteiger partial charge on any atom is 0.274 e. The van der Waals surface area contributed by atoms with E-state index in [4.69, 9.17) is 0 Å². The van der Waals surface area contributed by atoms with Gasteiger partial charge in [-0.2, -0.15) is 5.10 Å². The topological polar surface area (TPSA) is 73.3 Å². The van der Waals surface area contributed by atoms with Gasteiger partial charge in [0.1, 0.15) is 5.54 Å². The number of aryl methyl sites for hydroxylation is 1. The van der Waals surface area contributed by atoms with Crippen molar-refractivity contribution < 1.29 is 8.78 Å². The normalized spacial score (nSPS) is 16.2. The maximum absolute atomic E-state index is 13.7. The molecule has 0 spiro atoms. The van der Waals surface area contributed by atoms with Gasteiger partial charge in [-0.1, -0.05) is 6.07 Å². The summed E-state index contributed by atoms with van der Waals surface area (Å²) in [7, 11) is 1.50. The van der Waals surface area contributed by atoms with Gasteiger partial charge in [-0.3, -0.25) is 9.59 Å². The first-order chi connectivity index (χ1) is 14.8. The molecular formula is C22H21F2N5O2. The highest BCUT2D eigenvalue weighted by molar-refractivity contribution is 5.90. The molecule has 1 aliphatic rings. The van der Waals surface area contributed by atoms with Crippen molar-refractivity contribution in [3.63, 3.8) is 0 Å². The smallest absolute Gasteiger partial charge is 0.274 e. The van der Waals surface area contributed by atoms with Gasteiger partial charge >= 0.3 is 0 Å². The lowest BCUT2D eigenvalue weighted by Gasteiger charge is -2.21. The van der Waals surface area contributed by atoms with Crippen LogP contribution in [0, 0.1) is 0 Å². The van der Waals surface area contributed by atoms with E-state index in [-0.39, 0.29) is 24.3 Å². The highest BCUT2D eigenvalue weighted by Gasteiger charge is 2.53. The average molecular weight is 425 g/mol. The Balaban J connectivity index is 1.66. The molecule has 1 aliphatic carbocycles. The third kappa shape index (κ3) is 2.95. The van der Waals surface area contributed by atoms with Crippen molar-refractivity contribution in [3.8, 4) is 0 Å². The van der Waals surface area contributed by atoms with Crippen molar-refractivity contribution in [3.05, 3.63) is 75.2 Å². The van der Waals surface area contributed by atoms with Crippen LogP contribution in [0.3, 0.4) is 0 Å². The second-order valence-electron chi connectivity index (χ2n) is 8.11. The van der Waals surface area contributed by atoms with Crippen LogP contribution in [0.1, 0.15) is 31.5 Å². The first-order valence-corrected chi connectivity index (χ1v) is 10.1. The van der Waals surface area contributed by atoms with Gasteiger partial charge in [0, 0.05) is 42.1 Å². The molecule has 0 aromatic carbocycles. The first kappa shape index (κ1) is 19.5. The van der Waals surface area contributed by atoms with Gasteiger partial charge in [0.05, 0.1) is 11.4 Å². The number of hydrogen-bond donors (Lipinski definition) is 1. The summed E-state index contributed by atoms with van der Waals surface area (Å²) in [5, 5.41) is 8.14. The summed E-state index contributed by atoms with van der Waals surface area (Å²) < 4.78 is 31.6. The molecule has 0 unspecified atom stereocenters. The van der Waals surface area contributed by atoms with Crippen LogP contribution in [-0.4, -0.2) is 25.2 Å². The molecule has 1 saturated carbocycles. The number of alkyl halides is 2. The zero-order valence-corrected chi connectivity index (χ0v) is 17.0. The molecule has 0 aliphatic heterocycles. The van der Waals surface area contributed by atoms with E-state index >= 15 is 0 Å². The number of anilines is 1. The Bertz CT molecular complexity index is 1430. The van der Waals surface area contributed by atoms with E-state index in [1.54, 1.807) is 0 Å². The first-order valence-electron chi connectivity index (χ1n) is 10.1. The van der Waals surface area contributed by atoms with Crippen LogP contribution in [0.15, 0.2) is 58.4 Å². The van der Waals surface area contributed by atoms with Crippen LogP contribution in [-0.2, 0) is 12.6 Å². The fraction of sp³-hybridized carbons (Fsp3) is 0.318. The quantitative estimate of drug-likeness (QED) is 0.533. The number of nitrogens with zero attached hydrogens (tertiary/aromatic N) is 4. The minimum Gasteiger partial charge on any atom is -0.360 e. The Morgan fingerprint density at radius 3 is 2.58 bits per heavy atom. The van der Waals surface area contributed by atoms with E-state index in [2.05, 4.69) is 10.4 Å². The molecule has 4 heterocycles. The summed E-state index contributed by atoms with van der Waals surface area (Å²) in [6.45, 7) is 1.95. The number of halogens is 2. The molecule has 1 fully saturated rings. The second kappa shape index (κ2) is 6.76. The largest absolute Gasteiger partial charge is 0.360 e. The molecule has 7 nitrogen and oxygen atoms in total. The third-order valence-corrected chi connectivity index (χ3v) is 6.12. The van der Waals surface area contributed by atoms with Crippen molar-refractivity contribution in [1.29, 1.82) is 0 Å². The highest BCUT2D eigenvalue weighted by Crippen LogP contribution is 2.48. The Labute approximate surface area is 175 Å². The van der Waals surface area contributed by atoms with Gasteiger partial charge in [0.2, 0.25) is 0 Å². The molecule has 0 bridgehead atoms. The molecule has 31 heavy (non-hydrogen) atoms. The van der Waals surface area contributed by atoms with Gasteiger partial charge < -0.3 is 14.3 Å². The van der Waals surface area contributed by atoms with Crippen molar-refractivity contribution in [1.82, 2.24) is 18.7 Å². The zero-order valence-electron chi connectivity index (χ0n) is 17.0. The van der Waals surface area contributed by atoms with Gasteiger partial charge in [0.25, 0.3) is 17.5 Å². The lowest BCUT2D eigenvalue weighted by atomic mass is 10.1. The van der Waals surface area contributed by atoms with Crippen LogP contribution >= 0.6 is 0 Å². The molecule has 1 atom stereocenters. The molecule has 0 saturated heterocycles. The van der Waals surface area contributed by atoms with E-state index in [1.165, 1.54) is 13.2 Å². The maximum atomic E-state index is 13.7. The number of nitrogens with one attached hydrogen (secondary N) is 1. The number of hydrogen-bond acceptors (Lipinski definition) is 4. The second-order valence-corrected chi connectivity index (χ2v) is 8.11. The summed E-state index contributed by atoms with van der Waals surface area (Å²) in [4.78, 5) is 25.2. The van der Waals surface area contributed by atoms with Gasteiger partial charge in [-0.25, -0.2) is 13.5 Å². The summed E-state index contributed by atoms with van der Waals surface area (Å²) >= 11 is 0. The predicted molar refractivity (Wildman–Crippen MR) is 114 cm³/mol. The Kier molecular flexibility index (Phi) is 4.25. The van der Waals surface area contributed by atoms with E-state index in [0.717, 1.165) is 26.5 Å². The summed E-state index contributed by atoms with van der Waals surface area (Å²) in [5.74, 6) is 0.354. The van der Waals surface area contributed by atoms with Crippen LogP contribution in [0.4, 0.5) is 14.6 Å². The fourth-order valence-corrected chi connectivity index (χ4v) is 4.19. The lowest BCUT2D eigenvalue weighted by molar-refractivity contribution is 0.0654. The highest BCUT2D eigenvalue weighted by atomic mass is 19.3. The summed E-state index contributed by atoms with van der Waals surface area (Å²) in [6.07, 6.45) is 1.10. The molecule has 4 aromatic heterocycles. The number of aromatic nitrogens is 4. The van der Waals surface area contributed by atoms with Crippen LogP contribution < -0.4 is 16.4 Å². The molecule has 5 rings (SSSR count). The number of fused-ring (bicyclic) bond motifs is 2. The van der Waals surface area contributed by atoms with E-state index in [0.29, 0.717) is 11.2 Å². The summed E-state index contributed by atoms with van der Waals surface area (Å²) in [6, 6.07) is 10.8. The molecule has 9 heteroatoms.